The third kappa shape index (κ3) is 3.12. The van der Waals surface area contributed by atoms with Gasteiger partial charge in [-0.15, -0.1) is 11.3 Å². The van der Waals surface area contributed by atoms with Gasteiger partial charge in [0.1, 0.15) is 6.04 Å². The molecule has 118 valence electrons. The number of carbonyl (C=O) groups is 1. The zero-order valence-corrected chi connectivity index (χ0v) is 14.3. The molecule has 2 aromatic rings. The standard InChI is InChI=1S/C17H21NO2S2/c1-2-13-6-7-15(22-13)16(12-8-10-21-11-12)18-9-4-3-5-14(18)17(19)20/h6-8,10-11,14,16H,2-5,9H2,1H3,(H,19,20). The average molecular weight is 335 g/mol. The fourth-order valence-electron chi connectivity index (χ4n) is 3.21. The van der Waals surface area contributed by atoms with E-state index in [1.54, 1.807) is 11.3 Å². The van der Waals surface area contributed by atoms with Crippen molar-refractivity contribution in [3.8, 4) is 0 Å². The Bertz CT molecular complexity index is 620. The molecule has 2 unspecified atom stereocenters. The molecule has 0 spiro atoms. The lowest BCUT2D eigenvalue weighted by molar-refractivity contribution is -0.145. The van der Waals surface area contributed by atoms with E-state index in [2.05, 4.69) is 40.8 Å². The topological polar surface area (TPSA) is 40.5 Å². The van der Waals surface area contributed by atoms with Crippen LogP contribution in [0, 0.1) is 0 Å². The monoisotopic (exact) mass is 335 g/mol. The van der Waals surface area contributed by atoms with Gasteiger partial charge in [-0.05, 0) is 60.3 Å². The van der Waals surface area contributed by atoms with Crippen LogP contribution in [-0.4, -0.2) is 28.6 Å². The molecule has 1 aliphatic rings. The van der Waals surface area contributed by atoms with Gasteiger partial charge in [-0.1, -0.05) is 13.3 Å². The molecule has 0 saturated carbocycles. The Balaban J connectivity index is 1.99. The molecule has 0 aromatic carbocycles. The number of rotatable bonds is 5. The third-order valence-corrected chi connectivity index (χ3v) is 6.30. The Morgan fingerprint density at radius 2 is 2.27 bits per heavy atom. The Kier molecular flexibility index (Phi) is 4.96. The van der Waals surface area contributed by atoms with Crippen LogP contribution < -0.4 is 0 Å². The molecular weight excluding hydrogens is 314 g/mol. The number of nitrogens with zero attached hydrogens (tertiary/aromatic N) is 1. The van der Waals surface area contributed by atoms with Crippen molar-refractivity contribution >= 4 is 28.6 Å². The van der Waals surface area contributed by atoms with Gasteiger partial charge >= 0.3 is 5.97 Å². The summed E-state index contributed by atoms with van der Waals surface area (Å²) in [5.41, 5.74) is 1.22. The molecule has 1 N–H and O–H groups in total. The Hall–Kier alpha value is -1.17. The van der Waals surface area contributed by atoms with E-state index in [1.165, 1.54) is 15.3 Å². The number of hydrogen-bond donors (Lipinski definition) is 1. The van der Waals surface area contributed by atoms with Crippen molar-refractivity contribution in [1.29, 1.82) is 0 Å². The van der Waals surface area contributed by atoms with E-state index < -0.39 is 5.97 Å². The number of aryl methyl sites for hydroxylation is 1. The van der Waals surface area contributed by atoms with Gasteiger partial charge in [0.25, 0.3) is 0 Å². The molecule has 3 nitrogen and oxygen atoms in total. The predicted molar refractivity (Wildman–Crippen MR) is 91.8 cm³/mol. The summed E-state index contributed by atoms with van der Waals surface area (Å²) < 4.78 is 0. The van der Waals surface area contributed by atoms with E-state index in [-0.39, 0.29) is 12.1 Å². The Labute approximate surface area is 139 Å². The molecule has 0 amide bonds. The van der Waals surface area contributed by atoms with E-state index in [1.807, 2.05) is 11.3 Å². The lowest BCUT2D eigenvalue weighted by Crippen LogP contribution is -2.46. The fourth-order valence-corrected chi connectivity index (χ4v) is 4.99. The van der Waals surface area contributed by atoms with Crippen molar-refractivity contribution in [2.45, 2.75) is 44.7 Å². The highest BCUT2D eigenvalue weighted by atomic mass is 32.1. The van der Waals surface area contributed by atoms with Crippen LogP contribution in [0.2, 0.25) is 0 Å². The highest BCUT2D eigenvalue weighted by Gasteiger charge is 2.35. The van der Waals surface area contributed by atoms with Gasteiger partial charge in [-0.25, -0.2) is 0 Å². The summed E-state index contributed by atoms with van der Waals surface area (Å²) >= 11 is 3.50. The quantitative estimate of drug-likeness (QED) is 0.880. The predicted octanol–water partition coefficient (Wildman–Crippen LogP) is 4.40. The number of likely N-dealkylation sites (tertiary alicyclic amines) is 1. The summed E-state index contributed by atoms with van der Waals surface area (Å²) in [4.78, 5) is 16.5. The molecule has 3 rings (SSSR count). The van der Waals surface area contributed by atoms with E-state index in [9.17, 15) is 9.90 Å². The number of piperidine rings is 1. The second-order valence-electron chi connectivity index (χ2n) is 5.70. The van der Waals surface area contributed by atoms with Gasteiger partial charge in [-0.3, -0.25) is 9.69 Å². The van der Waals surface area contributed by atoms with Crippen LogP contribution in [0.1, 0.15) is 47.5 Å². The van der Waals surface area contributed by atoms with Crippen LogP contribution in [0.15, 0.2) is 29.0 Å². The molecule has 1 fully saturated rings. The third-order valence-electron chi connectivity index (χ3n) is 4.32. The molecule has 0 aliphatic carbocycles. The smallest absolute Gasteiger partial charge is 0.320 e. The number of carboxylic acids is 1. The zero-order valence-electron chi connectivity index (χ0n) is 12.7. The van der Waals surface area contributed by atoms with Crippen LogP contribution in [0.4, 0.5) is 0 Å². The van der Waals surface area contributed by atoms with E-state index in [4.69, 9.17) is 0 Å². The summed E-state index contributed by atoms with van der Waals surface area (Å²) in [6.07, 6.45) is 3.87. The summed E-state index contributed by atoms with van der Waals surface area (Å²) in [7, 11) is 0. The van der Waals surface area contributed by atoms with Crippen molar-refractivity contribution in [1.82, 2.24) is 4.90 Å². The number of hydrogen-bond acceptors (Lipinski definition) is 4. The lowest BCUT2D eigenvalue weighted by atomic mass is 9.96. The number of carboxylic acid groups (broad SMARTS) is 1. The van der Waals surface area contributed by atoms with Crippen molar-refractivity contribution in [3.63, 3.8) is 0 Å². The molecule has 0 bridgehead atoms. The van der Waals surface area contributed by atoms with Crippen LogP contribution >= 0.6 is 22.7 Å². The lowest BCUT2D eigenvalue weighted by Gasteiger charge is -2.38. The summed E-state index contributed by atoms with van der Waals surface area (Å²) in [5.74, 6) is -0.688. The normalized spacial score (nSPS) is 20.9. The van der Waals surface area contributed by atoms with Crippen molar-refractivity contribution in [3.05, 3.63) is 44.3 Å². The second-order valence-corrected chi connectivity index (χ2v) is 7.68. The highest BCUT2D eigenvalue weighted by Crippen LogP contribution is 2.38. The minimum atomic E-state index is -0.688. The molecule has 5 heteroatoms. The molecule has 1 saturated heterocycles. The van der Waals surface area contributed by atoms with Gasteiger partial charge < -0.3 is 5.11 Å². The first-order chi connectivity index (χ1) is 10.7. The van der Waals surface area contributed by atoms with Crippen LogP contribution in [-0.2, 0) is 11.2 Å². The van der Waals surface area contributed by atoms with Gasteiger partial charge in [-0.2, -0.15) is 11.3 Å². The first-order valence-corrected chi connectivity index (χ1v) is 9.56. The van der Waals surface area contributed by atoms with Gasteiger partial charge in [0.15, 0.2) is 0 Å². The minimum absolute atomic E-state index is 0.0814. The molecule has 22 heavy (non-hydrogen) atoms. The first-order valence-electron chi connectivity index (χ1n) is 7.80. The van der Waals surface area contributed by atoms with E-state index in [0.717, 1.165) is 32.2 Å². The maximum absolute atomic E-state index is 11.7. The molecular formula is C17H21NO2S2. The Morgan fingerprint density at radius 3 is 2.91 bits per heavy atom. The molecule has 3 heterocycles. The van der Waals surface area contributed by atoms with Crippen molar-refractivity contribution in [2.75, 3.05) is 6.54 Å². The maximum atomic E-state index is 11.7. The second kappa shape index (κ2) is 6.94. The van der Waals surface area contributed by atoms with Crippen LogP contribution in [0.5, 0.6) is 0 Å². The molecule has 1 aliphatic heterocycles. The van der Waals surface area contributed by atoms with Gasteiger partial charge in [0.2, 0.25) is 0 Å². The van der Waals surface area contributed by atoms with Crippen molar-refractivity contribution < 1.29 is 9.90 Å². The van der Waals surface area contributed by atoms with Crippen LogP contribution in [0.25, 0.3) is 0 Å². The molecule has 2 aromatic heterocycles. The SMILES string of the molecule is CCc1ccc(C(c2ccsc2)N2CCCCC2C(=O)O)s1. The van der Waals surface area contributed by atoms with Crippen molar-refractivity contribution in [2.24, 2.45) is 0 Å². The zero-order chi connectivity index (χ0) is 15.5. The fraction of sp³-hybridized carbons (Fsp3) is 0.471. The largest absolute Gasteiger partial charge is 0.480 e. The van der Waals surface area contributed by atoms with Gasteiger partial charge in [0.05, 0.1) is 6.04 Å². The summed E-state index contributed by atoms with van der Waals surface area (Å²) in [5, 5.41) is 13.9. The summed E-state index contributed by atoms with van der Waals surface area (Å²) in [6.45, 7) is 3.02. The molecule has 0 radical (unpaired) electrons. The van der Waals surface area contributed by atoms with Crippen LogP contribution in [0.3, 0.4) is 0 Å². The highest BCUT2D eigenvalue weighted by molar-refractivity contribution is 7.12. The minimum Gasteiger partial charge on any atom is -0.480 e. The number of aliphatic carboxylic acids is 1. The Morgan fingerprint density at radius 1 is 1.41 bits per heavy atom. The van der Waals surface area contributed by atoms with E-state index in [0.29, 0.717) is 0 Å². The molecule has 2 atom stereocenters. The first kappa shape index (κ1) is 15.7. The summed E-state index contributed by atoms with van der Waals surface area (Å²) in [6, 6.07) is 6.20. The van der Waals surface area contributed by atoms with Gasteiger partial charge in [0, 0.05) is 9.75 Å². The number of thiophene rings is 2. The maximum Gasteiger partial charge on any atom is 0.320 e. The van der Waals surface area contributed by atoms with E-state index >= 15 is 0 Å². The average Bonchev–Trinajstić information content (AvgIpc) is 3.20.